The van der Waals surface area contributed by atoms with Gasteiger partial charge in [0.25, 0.3) is 0 Å². The molecule has 2 nitrogen and oxygen atoms in total. The molecule has 0 radical (unpaired) electrons. The van der Waals surface area contributed by atoms with E-state index >= 15 is 0 Å². The van der Waals surface area contributed by atoms with Gasteiger partial charge in [0.05, 0.1) is 0 Å². The maximum atomic E-state index is 4.52. The third-order valence-electron chi connectivity index (χ3n) is 2.92. The van der Waals surface area contributed by atoms with Crippen LogP contribution in [0.15, 0.2) is 70.6 Å². The van der Waals surface area contributed by atoms with Gasteiger partial charge in [-0.25, -0.2) is 4.98 Å². The molecule has 2 aromatic carbocycles. The standard InChI is InChI=1S/C16H14N2S/c1-17-15-7-4-8-16(18-15)19-14-10-9-12-5-2-3-6-13(12)11-14/h2-11H,1H3,(H,17,18). The summed E-state index contributed by atoms with van der Waals surface area (Å²) in [5.74, 6) is 0.894. The first kappa shape index (κ1) is 12.1. The molecule has 1 heterocycles. The first-order chi connectivity index (χ1) is 9.35. The van der Waals surface area contributed by atoms with Gasteiger partial charge in [-0.2, -0.15) is 0 Å². The van der Waals surface area contributed by atoms with Crippen molar-refractivity contribution in [3.8, 4) is 0 Å². The predicted octanol–water partition coefficient (Wildman–Crippen LogP) is 4.43. The Labute approximate surface area is 116 Å². The van der Waals surface area contributed by atoms with Crippen molar-refractivity contribution < 1.29 is 0 Å². The zero-order valence-electron chi connectivity index (χ0n) is 10.6. The van der Waals surface area contributed by atoms with Gasteiger partial charge < -0.3 is 5.32 Å². The van der Waals surface area contributed by atoms with Crippen LogP contribution in [0.4, 0.5) is 5.82 Å². The van der Waals surface area contributed by atoms with Gasteiger partial charge in [-0.05, 0) is 35.0 Å². The Morgan fingerprint density at radius 2 is 1.74 bits per heavy atom. The number of nitrogens with one attached hydrogen (secondary N) is 1. The number of anilines is 1. The highest BCUT2D eigenvalue weighted by molar-refractivity contribution is 7.99. The molecule has 0 atom stereocenters. The fourth-order valence-electron chi connectivity index (χ4n) is 1.96. The molecule has 0 unspecified atom stereocenters. The van der Waals surface area contributed by atoms with Crippen LogP contribution in [0, 0.1) is 0 Å². The third-order valence-corrected chi connectivity index (χ3v) is 3.85. The highest BCUT2D eigenvalue weighted by Crippen LogP contribution is 2.29. The maximum absolute atomic E-state index is 4.52. The zero-order chi connectivity index (χ0) is 13.1. The van der Waals surface area contributed by atoms with Gasteiger partial charge >= 0.3 is 0 Å². The van der Waals surface area contributed by atoms with E-state index in [1.54, 1.807) is 11.8 Å². The Morgan fingerprint density at radius 1 is 0.895 bits per heavy atom. The fraction of sp³-hybridized carbons (Fsp3) is 0.0625. The lowest BCUT2D eigenvalue weighted by Gasteiger charge is -2.05. The Bertz CT molecular complexity index is 710. The Morgan fingerprint density at radius 3 is 2.58 bits per heavy atom. The minimum atomic E-state index is 0.894. The summed E-state index contributed by atoms with van der Waals surface area (Å²) < 4.78 is 0. The number of rotatable bonds is 3. The lowest BCUT2D eigenvalue weighted by atomic mass is 10.1. The van der Waals surface area contributed by atoms with E-state index in [4.69, 9.17) is 0 Å². The minimum absolute atomic E-state index is 0.894. The van der Waals surface area contributed by atoms with E-state index in [2.05, 4.69) is 52.8 Å². The molecule has 3 rings (SSSR count). The number of pyridine rings is 1. The molecule has 0 spiro atoms. The average molecular weight is 266 g/mol. The van der Waals surface area contributed by atoms with Crippen LogP contribution in [0.25, 0.3) is 10.8 Å². The summed E-state index contributed by atoms with van der Waals surface area (Å²) in [6.07, 6.45) is 0. The maximum Gasteiger partial charge on any atom is 0.127 e. The molecule has 0 saturated heterocycles. The number of nitrogens with zero attached hydrogens (tertiary/aromatic N) is 1. The van der Waals surface area contributed by atoms with Crippen LogP contribution in [0.1, 0.15) is 0 Å². The molecule has 94 valence electrons. The summed E-state index contributed by atoms with van der Waals surface area (Å²) in [5, 5.41) is 6.59. The lowest BCUT2D eigenvalue weighted by Crippen LogP contribution is -1.91. The second kappa shape index (κ2) is 5.33. The minimum Gasteiger partial charge on any atom is -0.373 e. The van der Waals surface area contributed by atoms with Crippen LogP contribution in [0.2, 0.25) is 0 Å². The van der Waals surface area contributed by atoms with E-state index in [1.165, 1.54) is 15.7 Å². The Hall–Kier alpha value is -2.00. The van der Waals surface area contributed by atoms with E-state index in [9.17, 15) is 0 Å². The van der Waals surface area contributed by atoms with Crippen LogP contribution >= 0.6 is 11.8 Å². The van der Waals surface area contributed by atoms with Crippen molar-refractivity contribution in [3.63, 3.8) is 0 Å². The summed E-state index contributed by atoms with van der Waals surface area (Å²) in [6.45, 7) is 0. The van der Waals surface area contributed by atoms with E-state index in [-0.39, 0.29) is 0 Å². The molecule has 0 fully saturated rings. The summed E-state index contributed by atoms with van der Waals surface area (Å²) >= 11 is 1.68. The van der Waals surface area contributed by atoms with E-state index in [0.717, 1.165) is 10.8 Å². The average Bonchev–Trinajstić information content (AvgIpc) is 2.47. The monoisotopic (exact) mass is 266 g/mol. The molecular weight excluding hydrogens is 252 g/mol. The van der Waals surface area contributed by atoms with Crippen molar-refractivity contribution in [1.82, 2.24) is 4.98 Å². The summed E-state index contributed by atoms with van der Waals surface area (Å²) in [5.41, 5.74) is 0. The molecule has 0 saturated carbocycles. The zero-order valence-corrected chi connectivity index (χ0v) is 11.4. The summed E-state index contributed by atoms with van der Waals surface area (Å²) in [4.78, 5) is 5.73. The van der Waals surface area contributed by atoms with Gasteiger partial charge in [-0.1, -0.05) is 48.2 Å². The second-order valence-corrected chi connectivity index (χ2v) is 5.32. The first-order valence-electron chi connectivity index (χ1n) is 6.16. The highest BCUT2D eigenvalue weighted by atomic mass is 32.2. The van der Waals surface area contributed by atoms with E-state index < -0.39 is 0 Å². The van der Waals surface area contributed by atoms with Crippen molar-refractivity contribution in [1.29, 1.82) is 0 Å². The van der Waals surface area contributed by atoms with Gasteiger partial charge in [0.2, 0.25) is 0 Å². The summed E-state index contributed by atoms with van der Waals surface area (Å²) in [6, 6.07) is 20.9. The quantitative estimate of drug-likeness (QED) is 0.759. The Balaban J connectivity index is 1.92. The van der Waals surface area contributed by atoms with Crippen molar-refractivity contribution in [2.45, 2.75) is 9.92 Å². The lowest BCUT2D eigenvalue weighted by molar-refractivity contribution is 1.13. The molecule has 19 heavy (non-hydrogen) atoms. The molecular formula is C16H14N2S. The molecule has 3 heteroatoms. The smallest absolute Gasteiger partial charge is 0.127 e. The van der Waals surface area contributed by atoms with Crippen molar-refractivity contribution in [3.05, 3.63) is 60.7 Å². The third kappa shape index (κ3) is 2.71. The molecule has 0 aliphatic heterocycles. The SMILES string of the molecule is CNc1cccc(Sc2ccc3ccccc3c2)n1. The number of hydrogen-bond acceptors (Lipinski definition) is 3. The topological polar surface area (TPSA) is 24.9 Å². The number of hydrogen-bond donors (Lipinski definition) is 1. The summed E-state index contributed by atoms with van der Waals surface area (Å²) in [7, 11) is 1.88. The highest BCUT2D eigenvalue weighted by Gasteiger charge is 2.01. The van der Waals surface area contributed by atoms with Crippen molar-refractivity contribution >= 4 is 28.4 Å². The van der Waals surface area contributed by atoms with Crippen LogP contribution in [0.5, 0.6) is 0 Å². The molecule has 0 bridgehead atoms. The van der Waals surface area contributed by atoms with Gasteiger partial charge in [-0.15, -0.1) is 0 Å². The second-order valence-electron chi connectivity index (χ2n) is 4.22. The molecule has 0 amide bonds. The van der Waals surface area contributed by atoms with E-state index in [0.29, 0.717) is 0 Å². The number of aromatic nitrogens is 1. The molecule has 0 aliphatic carbocycles. The van der Waals surface area contributed by atoms with Gasteiger partial charge in [0.1, 0.15) is 10.8 Å². The van der Waals surface area contributed by atoms with Crippen molar-refractivity contribution in [2.24, 2.45) is 0 Å². The van der Waals surface area contributed by atoms with E-state index in [1.807, 2.05) is 25.2 Å². The Kier molecular flexibility index (Phi) is 3.38. The van der Waals surface area contributed by atoms with Crippen LogP contribution in [0.3, 0.4) is 0 Å². The largest absolute Gasteiger partial charge is 0.373 e. The molecule has 1 N–H and O–H groups in total. The first-order valence-corrected chi connectivity index (χ1v) is 6.98. The van der Waals surface area contributed by atoms with Gasteiger partial charge in [0.15, 0.2) is 0 Å². The van der Waals surface area contributed by atoms with Gasteiger partial charge in [-0.3, -0.25) is 0 Å². The van der Waals surface area contributed by atoms with Crippen LogP contribution in [-0.2, 0) is 0 Å². The fourth-order valence-corrected chi connectivity index (χ4v) is 2.82. The van der Waals surface area contributed by atoms with Crippen molar-refractivity contribution in [2.75, 3.05) is 12.4 Å². The van der Waals surface area contributed by atoms with Crippen LogP contribution in [-0.4, -0.2) is 12.0 Å². The normalized spacial score (nSPS) is 10.6. The van der Waals surface area contributed by atoms with Crippen LogP contribution < -0.4 is 5.32 Å². The van der Waals surface area contributed by atoms with Gasteiger partial charge in [0, 0.05) is 11.9 Å². The predicted molar refractivity (Wildman–Crippen MR) is 81.9 cm³/mol. The molecule has 3 aromatic rings. The number of benzene rings is 2. The molecule has 1 aromatic heterocycles. The number of fused-ring (bicyclic) bond motifs is 1. The molecule has 0 aliphatic rings.